The van der Waals surface area contributed by atoms with Gasteiger partial charge in [0.2, 0.25) is 35.7 Å². The van der Waals surface area contributed by atoms with E-state index >= 15 is 0 Å². The molecule has 0 bridgehead atoms. The summed E-state index contributed by atoms with van der Waals surface area (Å²) in [6.45, 7) is 11.2. The molecule has 0 aliphatic carbocycles. The number of nitrogen functional groups attached to an aromatic ring is 1. The van der Waals surface area contributed by atoms with Crippen molar-refractivity contribution in [2.24, 2.45) is 0 Å². The van der Waals surface area contributed by atoms with Crippen molar-refractivity contribution in [1.82, 2.24) is 29.9 Å². The summed E-state index contributed by atoms with van der Waals surface area (Å²) < 4.78 is 0. The molecule has 2 aromatic heterocycles. The van der Waals surface area contributed by atoms with Crippen LogP contribution in [0.4, 0.5) is 35.7 Å². The van der Waals surface area contributed by atoms with Gasteiger partial charge in [-0.1, -0.05) is 0 Å². The number of nitrogens with two attached hydrogens (primary N) is 1. The van der Waals surface area contributed by atoms with Gasteiger partial charge in [-0.2, -0.15) is 29.9 Å². The number of anilines is 6. The molecule has 28 heavy (non-hydrogen) atoms. The summed E-state index contributed by atoms with van der Waals surface area (Å²) in [6, 6.07) is 0. The molecule has 0 radical (unpaired) electrons. The smallest absolute Gasteiger partial charge is 0.232 e. The summed E-state index contributed by atoms with van der Waals surface area (Å²) in [5.41, 5.74) is 5.82. The first kappa shape index (κ1) is 19.6. The molecular weight excluding hydrogens is 360 g/mol. The number of nitrogens with zero attached hydrogens (tertiary/aromatic N) is 8. The third-order valence-electron chi connectivity index (χ3n) is 4.11. The maximum Gasteiger partial charge on any atom is 0.232 e. The van der Waals surface area contributed by atoms with E-state index in [-0.39, 0.29) is 5.95 Å². The summed E-state index contributed by atoms with van der Waals surface area (Å²) >= 11 is 0. The van der Waals surface area contributed by atoms with Gasteiger partial charge in [0.15, 0.2) is 0 Å². The fourth-order valence-corrected chi connectivity index (χ4v) is 2.85. The van der Waals surface area contributed by atoms with Crippen molar-refractivity contribution < 1.29 is 0 Å². The molecule has 1 saturated heterocycles. The summed E-state index contributed by atoms with van der Waals surface area (Å²) in [4.78, 5) is 30.5. The Morgan fingerprint density at radius 1 is 0.643 bits per heavy atom. The van der Waals surface area contributed by atoms with Crippen molar-refractivity contribution in [3.8, 4) is 0 Å². The molecule has 3 heterocycles. The highest BCUT2D eigenvalue weighted by Gasteiger charge is 2.23. The molecule has 1 aliphatic heterocycles. The fourth-order valence-electron chi connectivity index (χ4n) is 2.85. The Hall–Kier alpha value is -3.18. The molecule has 0 amide bonds. The molecule has 1 aliphatic rings. The fraction of sp³-hybridized carbons (Fsp3) is 0.625. The van der Waals surface area contributed by atoms with Gasteiger partial charge in [-0.05, 0) is 20.8 Å². The zero-order chi connectivity index (χ0) is 19.9. The number of rotatable bonds is 8. The van der Waals surface area contributed by atoms with Crippen molar-refractivity contribution >= 4 is 35.7 Å². The number of hydrogen-bond acceptors (Lipinski definition) is 12. The lowest BCUT2D eigenvalue weighted by molar-refractivity contribution is 0.626. The van der Waals surface area contributed by atoms with E-state index in [4.69, 9.17) is 5.73 Å². The van der Waals surface area contributed by atoms with Crippen molar-refractivity contribution in [3.63, 3.8) is 0 Å². The Balaban J connectivity index is 1.71. The molecule has 1 fully saturated rings. The van der Waals surface area contributed by atoms with E-state index in [1.807, 2.05) is 20.8 Å². The van der Waals surface area contributed by atoms with E-state index in [2.05, 4.69) is 55.7 Å². The number of piperazine rings is 1. The van der Waals surface area contributed by atoms with Crippen LogP contribution in [-0.4, -0.2) is 75.7 Å². The highest BCUT2D eigenvalue weighted by atomic mass is 15.4. The van der Waals surface area contributed by atoms with Crippen molar-refractivity contribution in [3.05, 3.63) is 0 Å². The van der Waals surface area contributed by atoms with Crippen LogP contribution in [0, 0.1) is 0 Å². The zero-order valence-electron chi connectivity index (χ0n) is 16.6. The summed E-state index contributed by atoms with van der Waals surface area (Å²) in [6.07, 6.45) is 0. The minimum Gasteiger partial charge on any atom is -0.368 e. The van der Waals surface area contributed by atoms with Gasteiger partial charge in [0.1, 0.15) is 0 Å². The van der Waals surface area contributed by atoms with Crippen LogP contribution in [0.15, 0.2) is 0 Å². The van der Waals surface area contributed by atoms with Crippen LogP contribution in [0.1, 0.15) is 20.8 Å². The topological polar surface area (TPSA) is 146 Å². The third kappa shape index (κ3) is 4.75. The highest BCUT2D eigenvalue weighted by molar-refractivity contribution is 5.47. The van der Waals surface area contributed by atoms with Gasteiger partial charge < -0.3 is 31.5 Å². The SMILES string of the molecule is CCNc1nc(N)nc(N2CCN(c3nc(NCC)nc(NCC)n3)CC2)n1. The van der Waals surface area contributed by atoms with Gasteiger partial charge in [-0.3, -0.25) is 0 Å². The van der Waals surface area contributed by atoms with Crippen molar-refractivity contribution in [2.75, 3.05) is 77.3 Å². The highest BCUT2D eigenvalue weighted by Crippen LogP contribution is 2.19. The molecule has 5 N–H and O–H groups in total. The molecule has 12 heteroatoms. The maximum absolute atomic E-state index is 5.82. The largest absolute Gasteiger partial charge is 0.368 e. The van der Waals surface area contributed by atoms with Crippen LogP contribution in [0.5, 0.6) is 0 Å². The van der Waals surface area contributed by atoms with Gasteiger partial charge in [0.05, 0.1) is 0 Å². The quantitative estimate of drug-likeness (QED) is 0.492. The van der Waals surface area contributed by atoms with Crippen LogP contribution < -0.4 is 31.5 Å². The van der Waals surface area contributed by atoms with Crippen molar-refractivity contribution in [1.29, 1.82) is 0 Å². The van der Waals surface area contributed by atoms with E-state index < -0.39 is 0 Å². The lowest BCUT2D eigenvalue weighted by Gasteiger charge is -2.34. The van der Waals surface area contributed by atoms with Gasteiger partial charge in [0, 0.05) is 45.8 Å². The molecule has 3 rings (SSSR count). The van der Waals surface area contributed by atoms with Crippen LogP contribution in [0.25, 0.3) is 0 Å². The molecule has 152 valence electrons. The van der Waals surface area contributed by atoms with E-state index in [1.54, 1.807) is 0 Å². The van der Waals surface area contributed by atoms with Gasteiger partial charge >= 0.3 is 0 Å². The first-order valence-electron chi connectivity index (χ1n) is 9.62. The van der Waals surface area contributed by atoms with Crippen LogP contribution in [0.3, 0.4) is 0 Å². The average molecular weight is 388 g/mol. The molecule has 0 unspecified atom stereocenters. The Morgan fingerprint density at radius 2 is 1.04 bits per heavy atom. The number of nitrogens with one attached hydrogen (secondary N) is 3. The minimum absolute atomic E-state index is 0.214. The van der Waals surface area contributed by atoms with E-state index in [0.717, 1.165) is 45.8 Å². The monoisotopic (exact) mass is 388 g/mol. The van der Waals surface area contributed by atoms with Gasteiger partial charge in [-0.15, -0.1) is 0 Å². The molecule has 0 spiro atoms. The minimum atomic E-state index is 0.214. The van der Waals surface area contributed by atoms with E-state index in [1.165, 1.54) is 0 Å². The molecular formula is C16H28N12. The first-order valence-corrected chi connectivity index (χ1v) is 9.62. The Labute approximate surface area is 164 Å². The summed E-state index contributed by atoms with van der Waals surface area (Å²) in [5, 5.41) is 9.39. The van der Waals surface area contributed by atoms with Gasteiger partial charge in [0.25, 0.3) is 0 Å². The second-order valence-electron chi connectivity index (χ2n) is 6.16. The molecule has 12 nitrogen and oxygen atoms in total. The van der Waals surface area contributed by atoms with Crippen LogP contribution in [-0.2, 0) is 0 Å². The normalized spacial score (nSPS) is 14.1. The van der Waals surface area contributed by atoms with E-state index in [9.17, 15) is 0 Å². The van der Waals surface area contributed by atoms with E-state index in [0.29, 0.717) is 29.7 Å². The second-order valence-corrected chi connectivity index (χ2v) is 6.16. The summed E-state index contributed by atoms with van der Waals surface area (Å²) in [5.74, 6) is 3.10. The first-order chi connectivity index (χ1) is 13.6. The number of aromatic nitrogens is 6. The Kier molecular flexibility index (Phi) is 6.40. The lowest BCUT2D eigenvalue weighted by Crippen LogP contribution is -2.48. The molecule has 0 saturated carbocycles. The average Bonchev–Trinajstić information content (AvgIpc) is 2.68. The van der Waals surface area contributed by atoms with Crippen molar-refractivity contribution in [2.45, 2.75) is 20.8 Å². The lowest BCUT2D eigenvalue weighted by atomic mass is 10.3. The predicted molar refractivity (Wildman–Crippen MR) is 111 cm³/mol. The zero-order valence-corrected chi connectivity index (χ0v) is 16.6. The second kappa shape index (κ2) is 9.15. The Morgan fingerprint density at radius 3 is 1.46 bits per heavy atom. The van der Waals surface area contributed by atoms with Crippen LogP contribution >= 0.6 is 0 Å². The molecule has 0 atom stereocenters. The Bertz CT molecular complexity index is 750. The summed E-state index contributed by atoms with van der Waals surface area (Å²) in [7, 11) is 0. The maximum atomic E-state index is 5.82. The van der Waals surface area contributed by atoms with Gasteiger partial charge in [-0.25, -0.2) is 0 Å². The molecule has 0 aromatic carbocycles. The molecule has 2 aromatic rings. The standard InChI is InChI=1S/C16H28N12/c1-4-18-12-21-11(17)22-15(24-12)27-7-9-28(10-8-27)16-25-13(19-5-2)23-14(26-16)20-6-3/h4-10H2,1-3H3,(H3,17,18,21,22,24)(H2,19,20,23,25,26). The van der Waals surface area contributed by atoms with Crippen LogP contribution in [0.2, 0.25) is 0 Å². The third-order valence-corrected chi connectivity index (χ3v) is 4.11. The number of hydrogen-bond donors (Lipinski definition) is 4. The predicted octanol–water partition coefficient (Wildman–Crippen LogP) is 0.261.